The normalized spacial score (nSPS) is 13.3. The molecule has 0 aliphatic rings. The number of nitrogens with one attached hydrogen (secondary N) is 2. The maximum Gasteiger partial charge on any atom is 0.251 e. The first-order chi connectivity index (χ1) is 17.2. The van der Waals surface area contributed by atoms with Crippen LogP contribution in [0.25, 0.3) is 22.2 Å². The van der Waals surface area contributed by atoms with Crippen molar-refractivity contribution in [3.05, 3.63) is 78.0 Å². The lowest BCUT2D eigenvalue weighted by Crippen LogP contribution is -2.19. The predicted octanol–water partition coefficient (Wildman–Crippen LogP) is 4.53. The van der Waals surface area contributed by atoms with Crippen molar-refractivity contribution in [1.29, 1.82) is 0 Å². The van der Waals surface area contributed by atoms with Gasteiger partial charge in [0, 0.05) is 54.8 Å². The van der Waals surface area contributed by atoms with E-state index in [2.05, 4.69) is 50.5 Å². The molecular formula is C28H32N6O2. The molecule has 0 saturated carbocycles. The number of carbonyl (C=O) groups is 1. The minimum absolute atomic E-state index is 0.121. The number of hydrogen-bond donors (Lipinski definition) is 3. The van der Waals surface area contributed by atoms with Gasteiger partial charge in [0.2, 0.25) is 0 Å². The van der Waals surface area contributed by atoms with E-state index in [-0.39, 0.29) is 17.7 Å². The van der Waals surface area contributed by atoms with Crippen molar-refractivity contribution in [3.8, 4) is 11.3 Å². The zero-order valence-electron chi connectivity index (χ0n) is 21.3. The van der Waals surface area contributed by atoms with E-state index < -0.39 is 5.60 Å². The number of pyridine rings is 2. The van der Waals surface area contributed by atoms with Crippen LogP contribution in [0.15, 0.2) is 61.3 Å². The zero-order chi connectivity index (χ0) is 25.9. The van der Waals surface area contributed by atoms with E-state index in [1.807, 2.05) is 24.3 Å². The molecule has 4 rings (SSSR count). The highest BCUT2D eigenvalue weighted by atomic mass is 16.3. The number of carbonyl (C=O) groups excluding carboxylic acids is 1. The van der Waals surface area contributed by atoms with Gasteiger partial charge in [-0.15, -0.1) is 0 Å². The molecule has 0 saturated heterocycles. The SMILES string of the molecule is CNC(=O)c1ccnc2c([C@H](C)C(C)CNc3cc(-c4cncc(C(C)(C)O)c4)ncn3)cccc12. The highest BCUT2D eigenvalue weighted by Gasteiger charge is 2.20. The second-order valence-corrected chi connectivity index (χ2v) is 9.64. The number of para-hydroxylation sites is 1. The molecule has 3 N–H and O–H groups in total. The monoisotopic (exact) mass is 484 g/mol. The molecule has 1 unspecified atom stereocenters. The van der Waals surface area contributed by atoms with E-state index >= 15 is 0 Å². The van der Waals surface area contributed by atoms with Gasteiger partial charge in [-0.25, -0.2) is 9.97 Å². The van der Waals surface area contributed by atoms with Crippen molar-refractivity contribution >= 4 is 22.6 Å². The molecule has 0 bridgehead atoms. The van der Waals surface area contributed by atoms with Gasteiger partial charge in [0.25, 0.3) is 5.91 Å². The van der Waals surface area contributed by atoms with Crippen molar-refractivity contribution in [2.75, 3.05) is 18.9 Å². The van der Waals surface area contributed by atoms with Crippen LogP contribution in [0.3, 0.4) is 0 Å². The summed E-state index contributed by atoms with van der Waals surface area (Å²) in [5.74, 6) is 1.03. The molecule has 1 amide bonds. The fourth-order valence-corrected chi connectivity index (χ4v) is 4.17. The first-order valence-corrected chi connectivity index (χ1v) is 12.0. The van der Waals surface area contributed by atoms with Crippen molar-refractivity contribution in [1.82, 2.24) is 25.3 Å². The Morgan fingerprint density at radius 3 is 2.64 bits per heavy atom. The van der Waals surface area contributed by atoms with Crippen molar-refractivity contribution in [2.45, 2.75) is 39.2 Å². The van der Waals surface area contributed by atoms with Crippen LogP contribution in [0.2, 0.25) is 0 Å². The van der Waals surface area contributed by atoms with Crippen molar-refractivity contribution in [3.63, 3.8) is 0 Å². The molecule has 0 spiro atoms. The third-order valence-electron chi connectivity index (χ3n) is 6.63. The second-order valence-electron chi connectivity index (χ2n) is 9.64. The predicted molar refractivity (Wildman–Crippen MR) is 142 cm³/mol. The van der Waals surface area contributed by atoms with Crippen molar-refractivity contribution < 1.29 is 9.90 Å². The number of hydrogen-bond acceptors (Lipinski definition) is 7. The summed E-state index contributed by atoms with van der Waals surface area (Å²) in [4.78, 5) is 30.0. The summed E-state index contributed by atoms with van der Waals surface area (Å²) in [6, 6.07) is 11.5. The van der Waals surface area contributed by atoms with Crippen LogP contribution in [0.4, 0.5) is 5.82 Å². The van der Waals surface area contributed by atoms with Crippen molar-refractivity contribution in [2.24, 2.45) is 5.92 Å². The average molecular weight is 485 g/mol. The quantitative estimate of drug-likeness (QED) is 0.337. The number of nitrogens with zero attached hydrogens (tertiary/aromatic N) is 4. The summed E-state index contributed by atoms with van der Waals surface area (Å²) in [5.41, 5.74) is 3.85. The van der Waals surface area contributed by atoms with Crippen LogP contribution in [0.1, 0.15) is 55.1 Å². The van der Waals surface area contributed by atoms with Gasteiger partial charge in [0.05, 0.1) is 22.4 Å². The summed E-state index contributed by atoms with van der Waals surface area (Å²) >= 11 is 0. The van der Waals surface area contributed by atoms with Crippen LogP contribution < -0.4 is 10.6 Å². The summed E-state index contributed by atoms with van der Waals surface area (Å²) in [5, 5.41) is 17.3. The van der Waals surface area contributed by atoms with Gasteiger partial charge < -0.3 is 15.7 Å². The lowest BCUT2D eigenvalue weighted by atomic mass is 9.87. The van der Waals surface area contributed by atoms with E-state index in [0.29, 0.717) is 17.9 Å². The summed E-state index contributed by atoms with van der Waals surface area (Å²) in [6.45, 7) is 8.50. The van der Waals surface area contributed by atoms with Gasteiger partial charge in [-0.2, -0.15) is 0 Å². The van der Waals surface area contributed by atoms with Gasteiger partial charge in [0.1, 0.15) is 12.1 Å². The first-order valence-electron chi connectivity index (χ1n) is 12.0. The Balaban J connectivity index is 1.52. The van der Waals surface area contributed by atoms with Gasteiger partial charge >= 0.3 is 0 Å². The smallest absolute Gasteiger partial charge is 0.251 e. The van der Waals surface area contributed by atoms with E-state index in [1.54, 1.807) is 45.6 Å². The van der Waals surface area contributed by atoms with Gasteiger partial charge in [-0.05, 0) is 43.4 Å². The highest BCUT2D eigenvalue weighted by molar-refractivity contribution is 6.06. The summed E-state index contributed by atoms with van der Waals surface area (Å²) in [7, 11) is 1.63. The number of fused-ring (bicyclic) bond motifs is 1. The number of rotatable bonds is 8. The van der Waals surface area contributed by atoms with Crippen LogP contribution in [-0.2, 0) is 5.60 Å². The molecule has 3 heterocycles. The maximum atomic E-state index is 12.3. The Kier molecular flexibility index (Phi) is 7.26. The standard InChI is InChI=1S/C28H32N6O2/c1-17(18(2)21-7-6-8-22-23(27(35)29-5)9-10-31-26(21)22)13-32-25-12-24(33-16-34-25)19-11-20(15-30-14-19)28(3,4)36/h6-12,14-18,36H,13H2,1-5H3,(H,29,35)(H,32,33,34)/t17?,18-/m1/s1. The largest absolute Gasteiger partial charge is 0.386 e. The molecule has 1 aromatic carbocycles. The van der Waals surface area contributed by atoms with Gasteiger partial charge in [0.15, 0.2) is 0 Å². The van der Waals surface area contributed by atoms with E-state index in [4.69, 9.17) is 0 Å². The molecule has 0 aliphatic carbocycles. The fourth-order valence-electron chi connectivity index (χ4n) is 4.17. The van der Waals surface area contributed by atoms with Gasteiger partial charge in [-0.1, -0.05) is 32.0 Å². The Bertz CT molecular complexity index is 1380. The van der Waals surface area contributed by atoms with Crippen LogP contribution in [0.5, 0.6) is 0 Å². The minimum Gasteiger partial charge on any atom is -0.386 e. The maximum absolute atomic E-state index is 12.3. The Morgan fingerprint density at radius 1 is 1.08 bits per heavy atom. The first kappa shape index (κ1) is 25.2. The number of benzene rings is 1. The third kappa shape index (κ3) is 5.33. The Morgan fingerprint density at radius 2 is 1.89 bits per heavy atom. The summed E-state index contributed by atoms with van der Waals surface area (Å²) in [6.07, 6.45) is 6.60. The minimum atomic E-state index is -0.986. The van der Waals surface area contributed by atoms with E-state index in [9.17, 15) is 9.90 Å². The highest BCUT2D eigenvalue weighted by Crippen LogP contribution is 2.31. The molecule has 3 aromatic heterocycles. The topological polar surface area (TPSA) is 113 Å². The molecule has 0 radical (unpaired) electrons. The molecular weight excluding hydrogens is 452 g/mol. The molecule has 8 nitrogen and oxygen atoms in total. The number of anilines is 1. The van der Waals surface area contributed by atoms with Crippen LogP contribution in [-0.4, -0.2) is 44.5 Å². The Hall–Kier alpha value is -3.91. The lowest BCUT2D eigenvalue weighted by molar-refractivity contribution is 0.0782. The number of aromatic nitrogens is 4. The molecule has 0 aliphatic heterocycles. The molecule has 4 aromatic rings. The fraction of sp³-hybridized carbons (Fsp3) is 0.321. The van der Waals surface area contributed by atoms with E-state index in [0.717, 1.165) is 33.3 Å². The third-order valence-corrected chi connectivity index (χ3v) is 6.63. The second kappa shape index (κ2) is 10.4. The Labute approximate surface area is 211 Å². The lowest BCUT2D eigenvalue weighted by Gasteiger charge is -2.22. The molecule has 2 atom stereocenters. The van der Waals surface area contributed by atoms with E-state index in [1.165, 1.54) is 6.33 Å². The molecule has 186 valence electrons. The average Bonchev–Trinajstić information content (AvgIpc) is 2.90. The molecule has 0 fully saturated rings. The number of amides is 1. The zero-order valence-corrected chi connectivity index (χ0v) is 21.3. The molecule has 36 heavy (non-hydrogen) atoms. The van der Waals surface area contributed by atoms with Gasteiger partial charge in [-0.3, -0.25) is 14.8 Å². The molecule has 8 heteroatoms. The number of aliphatic hydroxyl groups is 1. The summed E-state index contributed by atoms with van der Waals surface area (Å²) < 4.78 is 0. The van der Waals surface area contributed by atoms with Crippen LogP contribution >= 0.6 is 0 Å². The van der Waals surface area contributed by atoms with Crippen LogP contribution in [0, 0.1) is 5.92 Å².